The lowest BCUT2D eigenvalue weighted by Gasteiger charge is -2.32. The SMILES string of the molecule is O=C(Nc1ncc(C#Cc2cccs2)cc1F)c1nn(CCC2CCN(C(=O)C3CC3)CC2)cc1Cl. The van der Waals surface area contributed by atoms with Gasteiger partial charge in [0.25, 0.3) is 5.91 Å². The molecule has 36 heavy (non-hydrogen) atoms. The van der Waals surface area contributed by atoms with Gasteiger partial charge in [-0.05, 0) is 55.5 Å². The summed E-state index contributed by atoms with van der Waals surface area (Å²) in [6, 6.07) is 4.99. The molecule has 0 bridgehead atoms. The standard InChI is InChI=1S/C26H25ClFN5O2S/c27-21-16-33(12-9-17-7-10-32(11-8-17)26(35)19-4-5-19)31-23(21)25(34)30-24-22(28)14-18(15-29-24)3-6-20-2-1-13-36-20/h1-2,13-17,19H,4-5,7-12H2,(H,29,30,34). The molecular weight excluding hydrogens is 501 g/mol. The predicted octanol–water partition coefficient (Wildman–Crippen LogP) is 4.82. The van der Waals surface area contributed by atoms with Gasteiger partial charge < -0.3 is 10.2 Å². The van der Waals surface area contributed by atoms with Crippen molar-refractivity contribution < 1.29 is 14.0 Å². The highest BCUT2D eigenvalue weighted by Gasteiger charge is 2.34. The van der Waals surface area contributed by atoms with Gasteiger partial charge in [-0.2, -0.15) is 5.10 Å². The number of nitrogens with one attached hydrogen (secondary N) is 1. The average molecular weight is 526 g/mol. The lowest BCUT2D eigenvalue weighted by atomic mass is 9.93. The Morgan fingerprint density at radius 2 is 2.03 bits per heavy atom. The summed E-state index contributed by atoms with van der Waals surface area (Å²) in [6.07, 6.45) is 7.91. The number of hydrogen-bond donors (Lipinski definition) is 1. The van der Waals surface area contributed by atoms with E-state index in [-0.39, 0.29) is 22.5 Å². The molecule has 10 heteroatoms. The summed E-state index contributed by atoms with van der Waals surface area (Å²) in [4.78, 5) is 31.8. The topological polar surface area (TPSA) is 80.1 Å². The van der Waals surface area contributed by atoms with Crippen molar-refractivity contribution in [2.24, 2.45) is 11.8 Å². The number of halogens is 2. The Hall–Kier alpha value is -3.22. The molecule has 0 unspecified atom stereocenters. The van der Waals surface area contributed by atoms with Crippen LogP contribution >= 0.6 is 22.9 Å². The van der Waals surface area contributed by atoms with Crippen molar-refractivity contribution in [3.63, 3.8) is 0 Å². The quantitative estimate of drug-likeness (QED) is 0.468. The lowest BCUT2D eigenvalue weighted by Crippen LogP contribution is -2.39. The number of pyridine rings is 1. The Balaban J connectivity index is 1.14. The van der Waals surface area contributed by atoms with Crippen molar-refractivity contribution >= 4 is 40.6 Å². The number of carbonyl (C=O) groups is 2. The van der Waals surface area contributed by atoms with Gasteiger partial charge in [0.1, 0.15) is 0 Å². The Bertz CT molecular complexity index is 1320. The molecule has 2 fully saturated rings. The first-order valence-corrected chi connectivity index (χ1v) is 13.3. The summed E-state index contributed by atoms with van der Waals surface area (Å²) in [6.45, 7) is 2.23. The molecule has 1 aliphatic carbocycles. The highest BCUT2D eigenvalue weighted by atomic mass is 35.5. The molecule has 0 radical (unpaired) electrons. The minimum absolute atomic E-state index is 0.0179. The maximum atomic E-state index is 14.5. The second-order valence-electron chi connectivity index (χ2n) is 9.16. The number of likely N-dealkylation sites (tertiary alicyclic amines) is 1. The molecule has 0 spiro atoms. The fourth-order valence-electron chi connectivity index (χ4n) is 4.26. The largest absolute Gasteiger partial charge is 0.342 e. The Labute approximate surface area is 217 Å². The van der Waals surface area contributed by atoms with Crippen LogP contribution in [0.15, 0.2) is 36.0 Å². The molecular formula is C26H25ClFN5O2S. The Morgan fingerprint density at radius 3 is 2.72 bits per heavy atom. The fraction of sp³-hybridized carbons (Fsp3) is 0.385. The maximum Gasteiger partial charge on any atom is 0.278 e. The summed E-state index contributed by atoms with van der Waals surface area (Å²) >= 11 is 7.75. The van der Waals surface area contributed by atoms with E-state index < -0.39 is 11.7 Å². The van der Waals surface area contributed by atoms with E-state index in [0.717, 1.165) is 50.1 Å². The minimum atomic E-state index is -0.691. The van der Waals surface area contributed by atoms with Crippen molar-refractivity contribution in [3.8, 4) is 11.8 Å². The smallest absolute Gasteiger partial charge is 0.278 e. The van der Waals surface area contributed by atoms with Gasteiger partial charge in [0.05, 0.1) is 9.90 Å². The summed E-state index contributed by atoms with van der Waals surface area (Å²) in [5.74, 6) is 5.35. The molecule has 2 amide bonds. The molecule has 3 aromatic heterocycles. The third kappa shape index (κ3) is 5.94. The van der Waals surface area contributed by atoms with Crippen LogP contribution in [0, 0.1) is 29.5 Å². The Kier molecular flexibility index (Phi) is 7.35. The molecule has 2 aliphatic rings. The highest BCUT2D eigenvalue weighted by molar-refractivity contribution is 7.10. The van der Waals surface area contributed by atoms with E-state index in [4.69, 9.17) is 11.6 Å². The second kappa shape index (κ2) is 10.8. The van der Waals surface area contributed by atoms with E-state index >= 15 is 0 Å². The van der Waals surface area contributed by atoms with Crippen LogP contribution in [0.5, 0.6) is 0 Å². The first-order chi connectivity index (χ1) is 17.5. The molecule has 0 atom stereocenters. The molecule has 0 aromatic carbocycles. The van der Waals surface area contributed by atoms with Crippen LogP contribution < -0.4 is 5.32 Å². The number of piperidine rings is 1. The van der Waals surface area contributed by atoms with Crippen molar-refractivity contribution in [1.29, 1.82) is 0 Å². The van der Waals surface area contributed by atoms with Crippen LogP contribution in [0.25, 0.3) is 0 Å². The normalized spacial score (nSPS) is 15.9. The number of anilines is 1. The summed E-state index contributed by atoms with van der Waals surface area (Å²) in [5, 5.41) is 8.85. The van der Waals surface area contributed by atoms with Crippen molar-refractivity contribution in [2.45, 2.75) is 38.6 Å². The van der Waals surface area contributed by atoms with Crippen molar-refractivity contribution in [1.82, 2.24) is 19.7 Å². The number of aryl methyl sites for hydroxylation is 1. The monoisotopic (exact) mass is 525 g/mol. The molecule has 1 aliphatic heterocycles. The van der Waals surface area contributed by atoms with Crippen molar-refractivity contribution in [3.05, 3.63) is 62.9 Å². The molecule has 7 nitrogen and oxygen atoms in total. The van der Waals surface area contributed by atoms with E-state index in [9.17, 15) is 14.0 Å². The van der Waals surface area contributed by atoms with Gasteiger partial charge in [0.15, 0.2) is 17.3 Å². The van der Waals surface area contributed by atoms with Crippen molar-refractivity contribution in [2.75, 3.05) is 18.4 Å². The lowest BCUT2D eigenvalue weighted by molar-refractivity contribution is -0.134. The molecule has 186 valence electrons. The molecule has 1 N–H and O–H groups in total. The average Bonchev–Trinajstić information content (AvgIpc) is 3.46. The van der Waals surface area contributed by atoms with E-state index in [1.54, 1.807) is 10.9 Å². The number of hydrogen-bond acceptors (Lipinski definition) is 5. The zero-order chi connectivity index (χ0) is 25.1. The van der Waals surface area contributed by atoms with Gasteiger partial charge >= 0.3 is 0 Å². The number of rotatable bonds is 6. The van der Waals surface area contributed by atoms with E-state index in [1.807, 2.05) is 22.4 Å². The van der Waals surface area contributed by atoms with Gasteiger partial charge in [-0.1, -0.05) is 29.5 Å². The minimum Gasteiger partial charge on any atom is -0.342 e. The first-order valence-electron chi connectivity index (χ1n) is 12.0. The van der Waals surface area contributed by atoms with E-state index in [1.165, 1.54) is 23.6 Å². The summed E-state index contributed by atoms with van der Waals surface area (Å²) in [5.41, 5.74) is 0.424. The fourth-order valence-corrected chi connectivity index (χ4v) is 5.07. The van der Waals surface area contributed by atoms with Crippen LogP contribution in [0.1, 0.15) is 53.0 Å². The van der Waals surface area contributed by atoms with Gasteiger partial charge in [-0.3, -0.25) is 14.3 Å². The summed E-state index contributed by atoms with van der Waals surface area (Å²) < 4.78 is 16.2. The third-order valence-electron chi connectivity index (χ3n) is 6.48. The number of aromatic nitrogens is 3. The van der Waals surface area contributed by atoms with Crippen LogP contribution in [-0.4, -0.2) is 44.6 Å². The van der Waals surface area contributed by atoms with E-state index in [2.05, 4.69) is 27.2 Å². The number of amides is 2. The molecule has 3 aromatic rings. The number of nitrogens with zero attached hydrogens (tertiary/aromatic N) is 4. The maximum absolute atomic E-state index is 14.5. The molecule has 1 saturated carbocycles. The Morgan fingerprint density at radius 1 is 1.22 bits per heavy atom. The van der Waals surface area contributed by atoms with Gasteiger partial charge in [0, 0.05) is 43.5 Å². The third-order valence-corrected chi connectivity index (χ3v) is 7.54. The highest BCUT2D eigenvalue weighted by Crippen LogP contribution is 2.33. The number of thiophene rings is 1. The molecule has 5 rings (SSSR count). The zero-order valence-electron chi connectivity index (χ0n) is 19.5. The van der Waals surface area contributed by atoms with Crippen LogP contribution in [0.3, 0.4) is 0 Å². The first kappa shape index (κ1) is 24.5. The predicted molar refractivity (Wildman–Crippen MR) is 136 cm³/mol. The van der Waals surface area contributed by atoms with Crippen LogP contribution in [-0.2, 0) is 11.3 Å². The van der Waals surface area contributed by atoms with Gasteiger partial charge in [0.2, 0.25) is 5.91 Å². The molecule has 1 saturated heterocycles. The van der Waals surface area contributed by atoms with E-state index in [0.29, 0.717) is 23.9 Å². The van der Waals surface area contributed by atoms with Crippen LogP contribution in [0.2, 0.25) is 5.02 Å². The van der Waals surface area contributed by atoms with Gasteiger partial charge in [-0.15, -0.1) is 11.3 Å². The molecule has 4 heterocycles. The number of carbonyl (C=O) groups excluding carboxylic acids is 2. The van der Waals surface area contributed by atoms with Crippen LogP contribution in [0.4, 0.5) is 10.2 Å². The zero-order valence-corrected chi connectivity index (χ0v) is 21.1. The summed E-state index contributed by atoms with van der Waals surface area (Å²) in [7, 11) is 0. The second-order valence-corrected chi connectivity index (χ2v) is 10.5. The van der Waals surface area contributed by atoms with Gasteiger partial charge in [-0.25, -0.2) is 9.37 Å².